The largest absolute Gasteiger partial charge is 0.345 e. The first-order valence-electron chi connectivity index (χ1n) is 9.17. The first-order chi connectivity index (χ1) is 14.1. The molecule has 3 nitrogen and oxygen atoms in total. The van der Waals surface area contributed by atoms with Crippen LogP contribution < -0.4 is 0 Å². The van der Waals surface area contributed by atoms with Gasteiger partial charge in [0, 0.05) is 40.3 Å². The maximum absolute atomic E-state index is 8.89. The van der Waals surface area contributed by atoms with Crippen molar-refractivity contribution in [2.24, 2.45) is 0 Å². The number of hydrogen-bond donors (Lipinski definition) is 1. The zero-order chi connectivity index (χ0) is 20.2. The summed E-state index contributed by atoms with van der Waals surface area (Å²) in [5.41, 5.74) is 6.04. The van der Waals surface area contributed by atoms with Crippen molar-refractivity contribution in [3.05, 3.63) is 111 Å². The summed E-state index contributed by atoms with van der Waals surface area (Å²) in [4.78, 5) is 7.89. The molecule has 0 saturated heterocycles. The third-order valence-corrected chi connectivity index (χ3v) is 5.27. The molecular weight excluding hydrogens is 401 g/mol. The fourth-order valence-electron chi connectivity index (χ4n) is 3.22. The van der Waals surface area contributed by atoms with Gasteiger partial charge in [0.05, 0.1) is 11.6 Å². The Hall–Kier alpha value is -3.06. The Morgan fingerprint density at radius 1 is 0.862 bits per heavy atom. The molecule has 0 unspecified atom stereocenters. The highest BCUT2D eigenvalue weighted by Crippen LogP contribution is 2.30. The van der Waals surface area contributed by atoms with Crippen LogP contribution in [0.2, 0.25) is 10.0 Å². The number of hydrogen-bond acceptors (Lipinski definition) is 2. The summed E-state index contributed by atoms with van der Waals surface area (Å²) in [6.45, 7) is 0. The maximum Gasteiger partial charge on any atom is 0.110 e. The number of nitrogens with zero attached hydrogens (tertiary/aromatic N) is 2. The number of aromatic nitrogens is 2. The van der Waals surface area contributed by atoms with Gasteiger partial charge in [-0.1, -0.05) is 65.7 Å². The predicted octanol–water partition coefficient (Wildman–Crippen LogP) is 6.44. The Morgan fingerprint density at radius 3 is 2.24 bits per heavy atom. The van der Waals surface area contributed by atoms with Crippen LogP contribution in [0.5, 0.6) is 0 Å². The fourth-order valence-corrected chi connectivity index (χ4v) is 3.74. The molecule has 1 aromatic heterocycles. The topological polar surface area (TPSA) is 52.5 Å². The molecule has 4 rings (SSSR count). The Kier molecular flexibility index (Phi) is 5.67. The van der Waals surface area contributed by atoms with Crippen LogP contribution in [0.1, 0.15) is 28.2 Å². The molecule has 0 aliphatic carbocycles. The van der Waals surface area contributed by atoms with Crippen LogP contribution in [0.4, 0.5) is 0 Å². The van der Waals surface area contributed by atoms with Crippen LogP contribution in [-0.2, 0) is 12.8 Å². The van der Waals surface area contributed by atoms with Crippen LogP contribution in [0.15, 0.2) is 72.9 Å². The molecule has 0 aliphatic rings. The summed E-state index contributed by atoms with van der Waals surface area (Å²) in [7, 11) is 0. The minimum absolute atomic E-state index is 0.630. The number of aromatic amines is 1. The molecule has 0 saturated carbocycles. The van der Waals surface area contributed by atoms with E-state index in [9.17, 15) is 0 Å². The fraction of sp³-hybridized carbons (Fsp3) is 0.0833. The molecule has 29 heavy (non-hydrogen) atoms. The molecule has 0 fully saturated rings. The van der Waals surface area contributed by atoms with Crippen molar-refractivity contribution >= 4 is 23.2 Å². The van der Waals surface area contributed by atoms with E-state index < -0.39 is 0 Å². The van der Waals surface area contributed by atoms with Gasteiger partial charge < -0.3 is 4.98 Å². The summed E-state index contributed by atoms with van der Waals surface area (Å²) in [6.07, 6.45) is 3.35. The summed E-state index contributed by atoms with van der Waals surface area (Å²) in [5, 5.41) is 10.2. The van der Waals surface area contributed by atoms with E-state index in [0.717, 1.165) is 46.6 Å². The second-order valence-corrected chi connectivity index (χ2v) is 7.68. The van der Waals surface area contributed by atoms with Crippen molar-refractivity contribution in [3.8, 4) is 17.2 Å². The predicted molar refractivity (Wildman–Crippen MR) is 117 cm³/mol. The zero-order valence-electron chi connectivity index (χ0n) is 15.5. The standard InChI is InChI=1S/C24H17Cl2N3/c25-20-9-10-22(23(26)13-20)19-7-5-17(6-8-19)12-24-28-15-21(29-24)11-16-1-3-18(14-27)4-2-16/h1-10,13,15H,11-12H2,(H,28,29). The molecule has 0 atom stereocenters. The molecule has 0 amide bonds. The summed E-state index contributed by atoms with van der Waals surface area (Å²) in [5.74, 6) is 0.922. The van der Waals surface area contributed by atoms with Gasteiger partial charge in [-0.15, -0.1) is 0 Å². The second kappa shape index (κ2) is 8.53. The Bertz CT molecular complexity index is 1170. The smallest absolute Gasteiger partial charge is 0.110 e. The molecule has 0 radical (unpaired) electrons. The Labute approximate surface area is 179 Å². The summed E-state index contributed by atoms with van der Waals surface area (Å²) < 4.78 is 0. The second-order valence-electron chi connectivity index (χ2n) is 6.84. The van der Waals surface area contributed by atoms with E-state index in [-0.39, 0.29) is 0 Å². The molecule has 4 aromatic rings. The Balaban J connectivity index is 1.44. The Morgan fingerprint density at radius 2 is 1.55 bits per heavy atom. The SMILES string of the molecule is N#Cc1ccc(Cc2cnc(Cc3ccc(-c4ccc(Cl)cc4Cl)cc3)[nH]2)cc1. The van der Waals surface area contributed by atoms with E-state index in [1.54, 1.807) is 6.07 Å². The zero-order valence-corrected chi connectivity index (χ0v) is 17.0. The van der Waals surface area contributed by atoms with Crippen LogP contribution in [-0.4, -0.2) is 9.97 Å². The van der Waals surface area contributed by atoms with Gasteiger partial charge in [0.1, 0.15) is 5.82 Å². The molecule has 3 aromatic carbocycles. The van der Waals surface area contributed by atoms with Gasteiger partial charge in [0.25, 0.3) is 0 Å². The van der Waals surface area contributed by atoms with Gasteiger partial charge in [-0.05, 0) is 41.0 Å². The van der Waals surface area contributed by atoms with Crippen molar-refractivity contribution < 1.29 is 0 Å². The lowest BCUT2D eigenvalue weighted by Crippen LogP contribution is -1.93. The summed E-state index contributed by atoms with van der Waals surface area (Å²) in [6, 6.07) is 23.6. The van der Waals surface area contributed by atoms with Crippen LogP contribution >= 0.6 is 23.2 Å². The maximum atomic E-state index is 8.89. The van der Waals surface area contributed by atoms with Crippen LogP contribution in [0.25, 0.3) is 11.1 Å². The number of nitrogens with one attached hydrogen (secondary N) is 1. The van der Waals surface area contributed by atoms with Gasteiger partial charge in [-0.25, -0.2) is 4.98 Å². The number of halogens is 2. The normalized spacial score (nSPS) is 10.7. The van der Waals surface area contributed by atoms with Crippen LogP contribution in [0, 0.1) is 11.3 Å². The number of nitriles is 1. The monoisotopic (exact) mass is 417 g/mol. The van der Waals surface area contributed by atoms with Crippen LogP contribution in [0.3, 0.4) is 0 Å². The van der Waals surface area contributed by atoms with Crippen molar-refractivity contribution in [1.82, 2.24) is 9.97 Å². The third kappa shape index (κ3) is 4.68. The van der Waals surface area contributed by atoms with Crippen molar-refractivity contribution in [3.63, 3.8) is 0 Å². The first kappa shape index (κ1) is 19.3. The van der Waals surface area contributed by atoms with E-state index in [1.165, 1.54) is 0 Å². The molecule has 0 aliphatic heterocycles. The molecule has 142 valence electrons. The van der Waals surface area contributed by atoms with E-state index in [4.69, 9.17) is 28.5 Å². The lowest BCUT2D eigenvalue weighted by Gasteiger charge is -2.06. The van der Waals surface area contributed by atoms with Crippen molar-refractivity contribution in [1.29, 1.82) is 5.26 Å². The lowest BCUT2D eigenvalue weighted by atomic mass is 10.0. The molecular formula is C24H17Cl2N3. The van der Waals surface area contributed by atoms with Crippen molar-refractivity contribution in [2.45, 2.75) is 12.8 Å². The summed E-state index contributed by atoms with van der Waals surface area (Å²) >= 11 is 12.3. The number of H-pyrrole nitrogens is 1. The minimum Gasteiger partial charge on any atom is -0.345 e. The van der Waals surface area contributed by atoms with Gasteiger partial charge in [-0.2, -0.15) is 5.26 Å². The molecule has 1 N–H and O–H groups in total. The average Bonchev–Trinajstić information content (AvgIpc) is 3.16. The quantitative estimate of drug-likeness (QED) is 0.406. The van der Waals surface area contributed by atoms with E-state index in [0.29, 0.717) is 15.6 Å². The number of rotatable bonds is 5. The van der Waals surface area contributed by atoms with Gasteiger partial charge in [-0.3, -0.25) is 0 Å². The van der Waals surface area contributed by atoms with Gasteiger partial charge in [0.2, 0.25) is 0 Å². The highest BCUT2D eigenvalue weighted by atomic mass is 35.5. The molecule has 5 heteroatoms. The van der Waals surface area contributed by atoms with Gasteiger partial charge >= 0.3 is 0 Å². The average molecular weight is 418 g/mol. The van der Waals surface area contributed by atoms with Crippen molar-refractivity contribution in [2.75, 3.05) is 0 Å². The van der Waals surface area contributed by atoms with E-state index in [2.05, 4.69) is 40.3 Å². The lowest BCUT2D eigenvalue weighted by molar-refractivity contribution is 1.000. The highest BCUT2D eigenvalue weighted by Gasteiger charge is 2.07. The molecule has 1 heterocycles. The number of benzene rings is 3. The third-order valence-electron chi connectivity index (χ3n) is 4.73. The molecule has 0 bridgehead atoms. The van der Waals surface area contributed by atoms with E-state index >= 15 is 0 Å². The number of imidazole rings is 1. The van der Waals surface area contributed by atoms with Gasteiger partial charge in [0.15, 0.2) is 0 Å². The highest BCUT2D eigenvalue weighted by molar-refractivity contribution is 6.36. The minimum atomic E-state index is 0.630. The van der Waals surface area contributed by atoms with E-state index in [1.807, 2.05) is 42.6 Å². The first-order valence-corrected chi connectivity index (χ1v) is 9.92. The molecule has 0 spiro atoms.